The van der Waals surface area contributed by atoms with E-state index in [0.717, 1.165) is 10.8 Å². The fourth-order valence-corrected chi connectivity index (χ4v) is 2.26. The first-order valence-electron chi connectivity index (χ1n) is 7.91. The summed E-state index contributed by atoms with van der Waals surface area (Å²) in [7, 11) is 0. The van der Waals surface area contributed by atoms with Crippen molar-refractivity contribution in [2.24, 2.45) is 10.2 Å². The summed E-state index contributed by atoms with van der Waals surface area (Å²) in [6.45, 7) is 1.57. The second-order valence-electron chi connectivity index (χ2n) is 5.15. The van der Waals surface area contributed by atoms with Crippen LogP contribution in [0.2, 0.25) is 0 Å². The summed E-state index contributed by atoms with van der Waals surface area (Å²) in [5.41, 5.74) is 0.432. The van der Waals surface area contributed by atoms with Crippen LogP contribution in [0.3, 0.4) is 0 Å². The molecule has 0 aliphatic rings. The molecule has 28 heavy (non-hydrogen) atoms. The van der Waals surface area contributed by atoms with Crippen molar-refractivity contribution < 1.29 is 44.5 Å². The van der Waals surface area contributed by atoms with Gasteiger partial charge < -0.3 is 25.9 Å². The van der Waals surface area contributed by atoms with Gasteiger partial charge in [-0.2, -0.15) is 10.2 Å². The summed E-state index contributed by atoms with van der Waals surface area (Å²) in [4.78, 5) is 0. The molecule has 147 valence electrons. The Morgan fingerprint density at radius 3 is 2.32 bits per heavy atom. The molecule has 0 atom stereocenters. The van der Waals surface area contributed by atoms with Crippen molar-refractivity contribution in [1.29, 1.82) is 0 Å². The zero-order chi connectivity index (χ0) is 18.9. The topological polar surface area (TPSA) is 143 Å². The molecule has 3 aromatic rings. The number of phenolic OH excluding ortho intramolecular Hbond substituents is 1. The standard InChI is InChI=1S/C18H14N2O3.C2H5O.O.V/c21-16-8-4-3-7-14(16)18(23)20-19-11-15-13-6-2-1-5-12(13)9-10-17(15)22;1-2-3;;/h1-11,21-22H,(H,20,23);2H2,1H3;;/q;-1;-2;/p-2/b19-11+;;;. The number of benzene rings is 3. The van der Waals surface area contributed by atoms with E-state index in [2.05, 4.69) is 10.2 Å². The molecule has 0 heterocycles. The van der Waals surface area contributed by atoms with E-state index in [-0.39, 0.29) is 47.7 Å². The van der Waals surface area contributed by atoms with E-state index in [1.807, 2.05) is 24.3 Å². The van der Waals surface area contributed by atoms with Crippen molar-refractivity contribution in [2.75, 3.05) is 6.61 Å². The van der Waals surface area contributed by atoms with Gasteiger partial charge in [-0.15, -0.1) is 6.61 Å². The van der Waals surface area contributed by atoms with Gasteiger partial charge in [-0.3, -0.25) is 0 Å². The smallest absolute Gasteiger partial charge is 0.123 e. The third-order valence-electron chi connectivity index (χ3n) is 3.40. The van der Waals surface area contributed by atoms with E-state index in [1.54, 1.807) is 25.1 Å². The zero-order valence-corrected chi connectivity index (χ0v) is 16.4. The van der Waals surface area contributed by atoms with Gasteiger partial charge in [0.1, 0.15) is 5.75 Å². The normalized spacial score (nSPS) is 10.6. The second-order valence-corrected chi connectivity index (χ2v) is 5.15. The van der Waals surface area contributed by atoms with Crippen LogP contribution in [0, 0.1) is 0 Å². The van der Waals surface area contributed by atoms with Gasteiger partial charge in [-0.1, -0.05) is 67.3 Å². The first-order valence-corrected chi connectivity index (χ1v) is 7.91. The Labute approximate surface area is 174 Å². The van der Waals surface area contributed by atoms with Gasteiger partial charge >= 0.3 is 0 Å². The van der Waals surface area contributed by atoms with Crippen LogP contribution in [0.5, 0.6) is 11.5 Å². The molecule has 0 bridgehead atoms. The molecule has 0 unspecified atom stereocenters. The molecule has 1 N–H and O–H groups in total. The molecule has 7 nitrogen and oxygen atoms in total. The molecular weight excluding hydrogens is 399 g/mol. The van der Waals surface area contributed by atoms with E-state index >= 15 is 0 Å². The maximum Gasteiger partial charge on any atom is 0.123 e. The van der Waals surface area contributed by atoms with Crippen LogP contribution in [0.25, 0.3) is 10.8 Å². The van der Waals surface area contributed by atoms with Gasteiger partial charge in [-0.05, 0) is 22.4 Å². The zero-order valence-electron chi connectivity index (χ0n) is 15.0. The third-order valence-corrected chi connectivity index (χ3v) is 3.40. The number of fused-ring (bicyclic) bond motifs is 1. The van der Waals surface area contributed by atoms with E-state index in [0.29, 0.717) is 5.56 Å². The van der Waals surface area contributed by atoms with Crippen LogP contribution in [0.1, 0.15) is 18.1 Å². The molecule has 3 rings (SSSR count). The van der Waals surface area contributed by atoms with Gasteiger partial charge in [0.15, 0.2) is 0 Å². The predicted octanol–water partition coefficient (Wildman–Crippen LogP) is 1.01. The van der Waals surface area contributed by atoms with Crippen LogP contribution in [-0.4, -0.2) is 23.8 Å². The molecule has 0 fully saturated rings. The minimum absolute atomic E-state index is 0. The van der Waals surface area contributed by atoms with E-state index in [1.165, 1.54) is 24.4 Å². The maximum absolute atomic E-state index is 12.0. The average Bonchev–Trinajstić information content (AvgIpc) is 2.64. The van der Waals surface area contributed by atoms with Crippen LogP contribution in [-0.2, 0) is 24.0 Å². The van der Waals surface area contributed by atoms with Crippen LogP contribution >= 0.6 is 0 Å². The predicted molar refractivity (Wildman–Crippen MR) is 96.9 cm³/mol. The molecule has 0 spiro atoms. The molecule has 0 aliphatic carbocycles. The quantitative estimate of drug-likeness (QED) is 0.386. The van der Waals surface area contributed by atoms with Gasteiger partial charge in [-0.25, -0.2) is 0 Å². The summed E-state index contributed by atoms with van der Waals surface area (Å²) in [6, 6.07) is 16.7. The van der Waals surface area contributed by atoms with E-state index in [4.69, 9.17) is 5.11 Å². The molecule has 3 aromatic carbocycles. The largest absolute Gasteiger partial charge is 2.00 e. The molecule has 0 saturated carbocycles. The molecule has 0 aromatic heterocycles. The minimum atomic E-state index is -0.674. The first-order chi connectivity index (χ1) is 12.6. The third kappa shape index (κ3) is 6.40. The van der Waals surface area contributed by atoms with Crippen molar-refractivity contribution in [3.8, 4) is 11.5 Å². The van der Waals surface area contributed by atoms with Crippen molar-refractivity contribution in [1.82, 2.24) is 0 Å². The summed E-state index contributed by atoms with van der Waals surface area (Å²) >= 11 is 0. The number of hydrogen-bond acceptors (Lipinski definition) is 6. The van der Waals surface area contributed by atoms with Gasteiger partial charge in [0, 0.05) is 30.0 Å². The summed E-state index contributed by atoms with van der Waals surface area (Å²) in [5, 5.41) is 51.3. The summed E-state index contributed by atoms with van der Waals surface area (Å²) < 4.78 is 0. The molecular formula is C20H17N2O5V-5. The SMILES string of the molecule is CC[O-].[O-2].[O-]/C(=N\N=C\c1c([O-])ccc2ccccc12)c1ccccc1O.[V]. The van der Waals surface area contributed by atoms with E-state index in [9.17, 15) is 15.3 Å². The Bertz CT molecular complexity index is 945. The van der Waals surface area contributed by atoms with Crippen LogP contribution < -0.4 is 15.3 Å². The van der Waals surface area contributed by atoms with Gasteiger partial charge in [0.25, 0.3) is 0 Å². The van der Waals surface area contributed by atoms with Crippen molar-refractivity contribution in [2.45, 2.75) is 6.92 Å². The average molecular weight is 416 g/mol. The van der Waals surface area contributed by atoms with Crippen molar-refractivity contribution in [3.63, 3.8) is 0 Å². The fourth-order valence-electron chi connectivity index (χ4n) is 2.26. The number of rotatable bonds is 3. The number of nitrogens with zero attached hydrogens (tertiary/aromatic N) is 2. The Balaban J connectivity index is 0.00000137. The van der Waals surface area contributed by atoms with Crippen LogP contribution in [0.4, 0.5) is 0 Å². The molecule has 0 amide bonds. The van der Waals surface area contributed by atoms with Gasteiger partial charge in [0.2, 0.25) is 0 Å². The molecule has 0 saturated heterocycles. The fraction of sp³-hybridized carbons (Fsp3) is 0.100. The second kappa shape index (κ2) is 12.5. The van der Waals surface area contributed by atoms with Crippen molar-refractivity contribution >= 4 is 22.9 Å². The summed E-state index contributed by atoms with van der Waals surface area (Å²) in [5.74, 6) is -1.03. The van der Waals surface area contributed by atoms with Gasteiger partial charge in [0.05, 0.1) is 6.21 Å². The molecule has 0 aliphatic heterocycles. The number of hydrogen-bond donors (Lipinski definition) is 1. The molecule has 8 heteroatoms. The number of aromatic hydroxyl groups is 1. The Morgan fingerprint density at radius 2 is 1.64 bits per heavy atom. The summed E-state index contributed by atoms with van der Waals surface area (Å²) in [6.07, 6.45) is 1.27. The Kier molecular flexibility index (Phi) is 11.3. The van der Waals surface area contributed by atoms with Crippen LogP contribution in [0.15, 0.2) is 70.9 Å². The number of para-hydroxylation sites is 1. The minimum Gasteiger partial charge on any atom is -2.00 e. The number of phenols is 1. The maximum atomic E-state index is 12.0. The Hall–Kier alpha value is -2.84. The van der Waals surface area contributed by atoms with E-state index < -0.39 is 5.90 Å². The first kappa shape index (κ1) is 25.2. The monoisotopic (exact) mass is 416 g/mol. The molecule has 1 radical (unpaired) electrons. The Morgan fingerprint density at radius 1 is 1.04 bits per heavy atom. The van der Waals surface area contributed by atoms with Crippen molar-refractivity contribution in [3.05, 3.63) is 71.8 Å².